The van der Waals surface area contributed by atoms with Gasteiger partial charge in [-0.2, -0.15) is 4.31 Å². The van der Waals surface area contributed by atoms with Crippen LogP contribution in [0.2, 0.25) is 0 Å². The minimum absolute atomic E-state index is 0.0988. The number of hydrogen-bond donors (Lipinski definition) is 1. The van der Waals surface area contributed by atoms with E-state index in [0.29, 0.717) is 31.7 Å². The molecular formula is C13H19NO4S. The fraction of sp³-hybridized carbons (Fsp3) is 0.538. The molecule has 19 heavy (non-hydrogen) atoms. The molecule has 5 nitrogen and oxygen atoms in total. The molecule has 1 aliphatic rings. The van der Waals surface area contributed by atoms with Crippen LogP contribution in [0, 0.1) is 0 Å². The van der Waals surface area contributed by atoms with E-state index in [9.17, 15) is 8.42 Å². The lowest BCUT2D eigenvalue weighted by Gasteiger charge is -2.21. The van der Waals surface area contributed by atoms with Gasteiger partial charge in [-0.3, -0.25) is 0 Å². The summed E-state index contributed by atoms with van der Waals surface area (Å²) in [6, 6.07) is 6.43. The average molecular weight is 285 g/mol. The summed E-state index contributed by atoms with van der Waals surface area (Å²) in [7, 11) is -3.51. The SMILES string of the molecule is CC1CN(S(=O)(=O)c2cccc(CO)c2)CCCO1. The molecule has 0 aliphatic carbocycles. The molecule has 1 N–H and O–H groups in total. The molecule has 1 heterocycles. The van der Waals surface area contributed by atoms with Gasteiger partial charge in [-0.05, 0) is 31.0 Å². The Labute approximate surface area is 113 Å². The van der Waals surface area contributed by atoms with Crippen LogP contribution in [0.5, 0.6) is 0 Å². The molecule has 0 spiro atoms. The Balaban J connectivity index is 2.29. The van der Waals surface area contributed by atoms with Crippen molar-refractivity contribution in [1.82, 2.24) is 4.31 Å². The molecule has 0 radical (unpaired) electrons. The molecule has 2 rings (SSSR count). The van der Waals surface area contributed by atoms with Crippen LogP contribution in [-0.2, 0) is 21.4 Å². The predicted octanol–water partition coefficient (Wildman–Crippen LogP) is 0.978. The van der Waals surface area contributed by atoms with Crippen molar-refractivity contribution in [3.8, 4) is 0 Å². The Kier molecular flexibility index (Phi) is 4.57. The lowest BCUT2D eigenvalue weighted by Crippen LogP contribution is -2.35. The van der Waals surface area contributed by atoms with E-state index < -0.39 is 10.0 Å². The lowest BCUT2D eigenvalue weighted by molar-refractivity contribution is 0.0752. The first-order chi connectivity index (χ1) is 9.04. The number of sulfonamides is 1. The maximum absolute atomic E-state index is 12.5. The van der Waals surface area contributed by atoms with Gasteiger partial charge in [0.05, 0.1) is 17.6 Å². The number of ether oxygens (including phenoxy) is 1. The average Bonchev–Trinajstić information content (AvgIpc) is 2.64. The van der Waals surface area contributed by atoms with Gasteiger partial charge in [-0.1, -0.05) is 12.1 Å². The quantitative estimate of drug-likeness (QED) is 0.899. The second kappa shape index (κ2) is 6.00. The number of rotatable bonds is 3. The molecular weight excluding hydrogens is 266 g/mol. The first-order valence-corrected chi connectivity index (χ1v) is 7.79. The van der Waals surface area contributed by atoms with Crippen molar-refractivity contribution in [1.29, 1.82) is 0 Å². The first kappa shape index (κ1) is 14.5. The highest BCUT2D eigenvalue weighted by molar-refractivity contribution is 7.89. The van der Waals surface area contributed by atoms with Crippen molar-refractivity contribution < 1.29 is 18.3 Å². The zero-order valence-corrected chi connectivity index (χ0v) is 11.8. The molecule has 1 fully saturated rings. The molecule has 6 heteroatoms. The fourth-order valence-electron chi connectivity index (χ4n) is 2.13. The number of nitrogens with zero attached hydrogens (tertiary/aromatic N) is 1. The van der Waals surface area contributed by atoms with E-state index in [2.05, 4.69) is 0 Å². The normalized spacial score (nSPS) is 22.1. The van der Waals surface area contributed by atoms with E-state index in [1.54, 1.807) is 18.2 Å². The van der Waals surface area contributed by atoms with E-state index in [1.807, 2.05) is 6.92 Å². The smallest absolute Gasteiger partial charge is 0.243 e. The van der Waals surface area contributed by atoms with Gasteiger partial charge in [0.1, 0.15) is 0 Å². The van der Waals surface area contributed by atoms with Crippen molar-refractivity contribution >= 4 is 10.0 Å². The second-order valence-corrected chi connectivity index (χ2v) is 6.64. The minimum atomic E-state index is -3.51. The maximum Gasteiger partial charge on any atom is 0.243 e. The third-order valence-corrected chi connectivity index (χ3v) is 4.99. The monoisotopic (exact) mass is 285 g/mol. The van der Waals surface area contributed by atoms with E-state index >= 15 is 0 Å². The molecule has 1 aromatic carbocycles. The largest absolute Gasteiger partial charge is 0.392 e. The third-order valence-electron chi connectivity index (χ3n) is 3.13. The zero-order valence-electron chi connectivity index (χ0n) is 10.9. The van der Waals surface area contributed by atoms with Gasteiger partial charge in [0.15, 0.2) is 0 Å². The van der Waals surface area contributed by atoms with Gasteiger partial charge in [-0.25, -0.2) is 8.42 Å². The van der Waals surface area contributed by atoms with Crippen LogP contribution in [0.15, 0.2) is 29.2 Å². The Morgan fingerprint density at radius 3 is 3.00 bits per heavy atom. The molecule has 1 aromatic rings. The third kappa shape index (κ3) is 3.33. The summed E-state index contributed by atoms with van der Waals surface area (Å²) < 4.78 is 32.0. The highest BCUT2D eigenvalue weighted by Crippen LogP contribution is 2.19. The first-order valence-electron chi connectivity index (χ1n) is 6.35. The van der Waals surface area contributed by atoms with Crippen molar-refractivity contribution in [3.05, 3.63) is 29.8 Å². The molecule has 1 unspecified atom stereocenters. The molecule has 0 bridgehead atoms. The van der Waals surface area contributed by atoms with E-state index in [0.717, 1.165) is 0 Å². The highest BCUT2D eigenvalue weighted by atomic mass is 32.2. The van der Waals surface area contributed by atoms with Gasteiger partial charge in [0.25, 0.3) is 0 Å². The Morgan fingerprint density at radius 2 is 2.26 bits per heavy atom. The summed E-state index contributed by atoms with van der Waals surface area (Å²) in [4.78, 5) is 0.230. The lowest BCUT2D eigenvalue weighted by atomic mass is 10.2. The van der Waals surface area contributed by atoms with Crippen LogP contribution in [-0.4, -0.2) is 43.6 Å². The van der Waals surface area contributed by atoms with E-state index in [-0.39, 0.29) is 17.6 Å². The Morgan fingerprint density at radius 1 is 1.47 bits per heavy atom. The van der Waals surface area contributed by atoms with Crippen LogP contribution in [0.4, 0.5) is 0 Å². The Hall–Kier alpha value is -0.950. The topological polar surface area (TPSA) is 66.8 Å². The van der Waals surface area contributed by atoms with Gasteiger partial charge in [-0.15, -0.1) is 0 Å². The maximum atomic E-state index is 12.5. The fourth-order valence-corrected chi connectivity index (χ4v) is 3.75. The van der Waals surface area contributed by atoms with Crippen LogP contribution < -0.4 is 0 Å². The molecule has 1 atom stereocenters. The number of benzene rings is 1. The number of aliphatic hydroxyl groups is 1. The zero-order chi connectivity index (χ0) is 13.9. The molecule has 0 aromatic heterocycles. The summed E-state index contributed by atoms with van der Waals surface area (Å²) in [6.07, 6.45) is 0.599. The molecule has 0 amide bonds. The Bertz CT molecular complexity index is 529. The van der Waals surface area contributed by atoms with Gasteiger partial charge in [0, 0.05) is 19.7 Å². The van der Waals surface area contributed by atoms with E-state index in [1.165, 1.54) is 10.4 Å². The minimum Gasteiger partial charge on any atom is -0.392 e. The van der Waals surface area contributed by atoms with Gasteiger partial charge < -0.3 is 9.84 Å². The van der Waals surface area contributed by atoms with E-state index in [4.69, 9.17) is 9.84 Å². The summed E-state index contributed by atoms with van der Waals surface area (Å²) in [5.41, 5.74) is 0.597. The van der Waals surface area contributed by atoms with Crippen molar-refractivity contribution in [2.75, 3.05) is 19.7 Å². The second-order valence-electron chi connectivity index (χ2n) is 4.70. The summed E-state index contributed by atoms with van der Waals surface area (Å²) >= 11 is 0. The summed E-state index contributed by atoms with van der Waals surface area (Å²) in [5.74, 6) is 0. The van der Waals surface area contributed by atoms with Gasteiger partial charge >= 0.3 is 0 Å². The summed E-state index contributed by atoms with van der Waals surface area (Å²) in [6.45, 7) is 3.13. The predicted molar refractivity (Wildman–Crippen MR) is 71.2 cm³/mol. The number of aliphatic hydroxyl groups excluding tert-OH is 1. The van der Waals surface area contributed by atoms with Crippen LogP contribution >= 0.6 is 0 Å². The van der Waals surface area contributed by atoms with Crippen LogP contribution in [0.25, 0.3) is 0 Å². The van der Waals surface area contributed by atoms with Gasteiger partial charge in [0.2, 0.25) is 10.0 Å². The van der Waals surface area contributed by atoms with Crippen LogP contribution in [0.1, 0.15) is 18.9 Å². The van der Waals surface area contributed by atoms with Crippen molar-refractivity contribution in [2.45, 2.75) is 31.0 Å². The van der Waals surface area contributed by atoms with Crippen molar-refractivity contribution in [2.24, 2.45) is 0 Å². The molecule has 0 saturated carbocycles. The summed E-state index contributed by atoms with van der Waals surface area (Å²) in [5, 5.41) is 9.10. The standard InChI is InChI=1S/C13H19NO4S/c1-11-9-14(6-3-7-18-11)19(16,17)13-5-2-4-12(8-13)10-15/h2,4-5,8,11,15H,3,6-7,9-10H2,1H3. The van der Waals surface area contributed by atoms with Crippen LogP contribution in [0.3, 0.4) is 0 Å². The van der Waals surface area contributed by atoms with Crippen molar-refractivity contribution in [3.63, 3.8) is 0 Å². The molecule has 1 aliphatic heterocycles. The number of hydrogen-bond acceptors (Lipinski definition) is 4. The highest BCUT2D eigenvalue weighted by Gasteiger charge is 2.27. The molecule has 1 saturated heterocycles. The molecule has 106 valence electrons.